The molecule has 0 radical (unpaired) electrons. The van der Waals surface area contributed by atoms with Crippen molar-refractivity contribution in [2.24, 2.45) is 0 Å². The first-order chi connectivity index (χ1) is 8.52. The van der Waals surface area contributed by atoms with E-state index in [0.29, 0.717) is 0 Å². The van der Waals surface area contributed by atoms with E-state index in [-0.39, 0.29) is 30.6 Å². The lowest BCUT2D eigenvalue weighted by Gasteiger charge is -2.21. The van der Waals surface area contributed by atoms with Crippen molar-refractivity contribution in [3.63, 3.8) is 0 Å². The Hall–Kier alpha value is -1.16. The van der Waals surface area contributed by atoms with E-state index in [1.54, 1.807) is 0 Å². The number of thioether (sulfide) groups is 1. The van der Waals surface area contributed by atoms with Crippen LogP contribution in [0, 0.1) is 0 Å². The fourth-order valence-corrected chi connectivity index (χ4v) is 1.49. The number of carbonyl (C=O) groups excluding carboxylic acids is 1. The van der Waals surface area contributed by atoms with Gasteiger partial charge in [0.05, 0.1) is 12.0 Å². The first-order valence-electron chi connectivity index (χ1n) is 5.18. The molecule has 6 nitrogen and oxygen atoms in total. The highest BCUT2D eigenvalue weighted by Gasteiger charge is 2.27. The van der Waals surface area contributed by atoms with Gasteiger partial charge in [-0.2, -0.15) is 13.2 Å². The Kier molecular flexibility index (Phi) is 6.98. The Morgan fingerprint density at radius 2 is 1.84 bits per heavy atom. The zero-order chi connectivity index (χ0) is 15.1. The highest BCUT2D eigenvalue weighted by atomic mass is 32.2. The van der Waals surface area contributed by atoms with Crippen molar-refractivity contribution >= 4 is 23.8 Å². The third-order valence-electron chi connectivity index (χ3n) is 1.82. The SMILES string of the molecule is CC(O)(CNC(=O)NCCSC(F)(F)F)CC(=O)O. The predicted octanol–water partition coefficient (Wildman–Crippen LogP) is 0.764. The van der Waals surface area contributed by atoms with Crippen LogP contribution in [0.15, 0.2) is 0 Å². The number of hydrogen-bond acceptors (Lipinski definition) is 4. The fraction of sp³-hybridized carbons (Fsp3) is 0.778. The maximum atomic E-state index is 11.8. The summed E-state index contributed by atoms with van der Waals surface area (Å²) in [6.45, 7) is 0.704. The van der Waals surface area contributed by atoms with Gasteiger partial charge in [-0.1, -0.05) is 0 Å². The van der Waals surface area contributed by atoms with Gasteiger partial charge in [0.1, 0.15) is 0 Å². The first-order valence-corrected chi connectivity index (χ1v) is 6.17. The maximum Gasteiger partial charge on any atom is 0.441 e. The maximum absolute atomic E-state index is 11.8. The topological polar surface area (TPSA) is 98.7 Å². The number of nitrogens with one attached hydrogen (secondary N) is 2. The molecule has 0 aliphatic rings. The highest BCUT2D eigenvalue weighted by molar-refractivity contribution is 8.00. The molecule has 1 atom stereocenters. The molecule has 1 unspecified atom stereocenters. The summed E-state index contributed by atoms with van der Waals surface area (Å²) in [5.41, 5.74) is -5.97. The number of aliphatic hydroxyl groups is 1. The van der Waals surface area contributed by atoms with Crippen molar-refractivity contribution in [2.45, 2.75) is 24.5 Å². The second kappa shape index (κ2) is 7.43. The predicted molar refractivity (Wildman–Crippen MR) is 62.8 cm³/mol. The number of urea groups is 1. The molecule has 0 heterocycles. The van der Waals surface area contributed by atoms with Crippen LogP contribution in [0.25, 0.3) is 0 Å². The summed E-state index contributed by atoms with van der Waals surface area (Å²) in [4.78, 5) is 21.5. The molecule has 112 valence electrons. The Morgan fingerprint density at radius 3 is 2.32 bits per heavy atom. The summed E-state index contributed by atoms with van der Waals surface area (Å²) in [6.07, 6.45) is -0.558. The minimum Gasteiger partial charge on any atom is -0.481 e. The monoisotopic (exact) mass is 304 g/mol. The van der Waals surface area contributed by atoms with Gasteiger partial charge in [-0.25, -0.2) is 4.79 Å². The van der Waals surface area contributed by atoms with Gasteiger partial charge in [0, 0.05) is 18.8 Å². The van der Waals surface area contributed by atoms with Crippen LogP contribution in [-0.4, -0.2) is 52.2 Å². The number of carboxylic acids is 1. The molecule has 0 saturated heterocycles. The van der Waals surface area contributed by atoms with Crippen molar-refractivity contribution in [1.82, 2.24) is 10.6 Å². The van der Waals surface area contributed by atoms with Crippen LogP contribution in [0.1, 0.15) is 13.3 Å². The average Bonchev–Trinajstić information content (AvgIpc) is 2.18. The second-order valence-electron chi connectivity index (χ2n) is 3.97. The van der Waals surface area contributed by atoms with Crippen molar-refractivity contribution in [3.05, 3.63) is 0 Å². The average molecular weight is 304 g/mol. The quantitative estimate of drug-likeness (QED) is 0.521. The standard InChI is InChI=1S/C9H15F3N2O4S/c1-8(18,4-6(15)16)5-14-7(17)13-2-3-19-9(10,11)12/h18H,2-5H2,1H3,(H,15,16)(H2,13,14,17). The Labute approximate surface area is 111 Å². The van der Waals surface area contributed by atoms with Crippen molar-refractivity contribution < 1.29 is 33.0 Å². The number of halogens is 3. The molecule has 2 amide bonds. The van der Waals surface area contributed by atoms with Crippen LogP contribution in [0.5, 0.6) is 0 Å². The molecule has 0 aliphatic carbocycles. The molecular formula is C9H15F3N2O4S. The number of amides is 2. The van der Waals surface area contributed by atoms with Crippen LogP contribution < -0.4 is 10.6 Å². The van der Waals surface area contributed by atoms with Crippen LogP contribution in [0.4, 0.5) is 18.0 Å². The van der Waals surface area contributed by atoms with E-state index in [1.807, 2.05) is 0 Å². The second-order valence-corrected chi connectivity index (χ2v) is 5.13. The number of carbonyl (C=O) groups is 2. The Balaban J connectivity index is 3.79. The number of hydrogen-bond donors (Lipinski definition) is 4. The molecule has 0 aromatic carbocycles. The number of aliphatic carboxylic acids is 1. The van der Waals surface area contributed by atoms with Gasteiger partial charge in [-0.3, -0.25) is 4.79 Å². The van der Waals surface area contributed by atoms with Gasteiger partial charge in [-0.05, 0) is 18.7 Å². The molecule has 0 bridgehead atoms. The van der Waals surface area contributed by atoms with Gasteiger partial charge in [0.2, 0.25) is 0 Å². The smallest absolute Gasteiger partial charge is 0.441 e. The molecule has 19 heavy (non-hydrogen) atoms. The summed E-state index contributed by atoms with van der Waals surface area (Å²) >= 11 is -0.262. The summed E-state index contributed by atoms with van der Waals surface area (Å²) < 4.78 is 35.3. The van der Waals surface area contributed by atoms with Crippen molar-refractivity contribution in [3.8, 4) is 0 Å². The van der Waals surface area contributed by atoms with E-state index < -0.39 is 29.5 Å². The summed E-state index contributed by atoms with van der Waals surface area (Å²) in [7, 11) is 0. The molecule has 0 rings (SSSR count). The molecular weight excluding hydrogens is 289 g/mol. The van der Waals surface area contributed by atoms with Crippen LogP contribution in [-0.2, 0) is 4.79 Å². The van der Waals surface area contributed by atoms with Crippen LogP contribution in [0.3, 0.4) is 0 Å². The molecule has 0 aliphatic heterocycles. The van der Waals surface area contributed by atoms with Crippen LogP contribution in [0.2, 0.25) is 0 Å². The molecule has 0 aromatic heterocycles. The fourth-order valence-electron chi connectivity index (χ4n) is 1.05. The number of rotatable bonds is 7. The minimum atomic E-state index is -4.34. The van der Waals surface area contributed by atoms with Crippen molar-refractivity contribution in [2.75, 3.05) is 18.8 Å². The number of alkyl halides is 3. The van der Waals surface area contributed by atoms with E-state index in [1.165, 1.54) is 6.92 Å². The molecule has 4 N–H and O–H groups in total. The highest BCUT2D eigenvalue weighted by Crippen LogP contribution is 2.29. The first kappa shape index (κ1) is 17.8. The lowest BCUT2D eigenvalue weighted by atomic mass is 10.0. The van der Waals surface area contributed by atoms with Gasteiger partial charge in [0.15, 0.2) is 0 Å². The van der Waals surface area contributed by atoms with E-state index in [0.717, 1.165) is 0 Å². The van der Waals surface area contributed by atoms with E-state index in [9.17, 15) is 27.9 Å². The summed E-state index contributed by atoms with van der Waals surface area (Å²) in [5.74, 6) is -1.56. The third-order valence-corrected chi connectivity index (χ3v) is 2.55. The molecule has 0 fully saturated rings. The largest absolute Gasteiger partial charge is 0.481 e. The lowest BCUT2D eigenvalue weighted by Crippen LogP contribution is -2.46. The van der Waals surface area contributed by atoms with E-state index in [2.05, 4.69) is 10.6 Å². The van der Waals surface area contributed by atoms with Crippen molar-refractivity contribution in [1.29, 1.82) is 0 Å². The lowest BCUT2D eigenvalue weighted by molar-refractivity contribution is -0.141. The van der Waals surface area contributed by atoms with Gasteiger partial charge >= 0.3 is 17.5 Å². The molecule has 0 saturated carbocycles. The Bertz CT molecular complexity index is 323. The van der Waals surface area contributed by atoms with E-state index >= 15 is 0 Å². The van der Waals surface area contributed by atoms with Gasteiger partial charge < -0.3 is 20.8 Å². The third kappa shape index (κ3) is 11.7. The van der Waals surface area contributed by atoms with E-state index in [4.69, 9.17) is 5.11 Å². The minimum absolute atomic E-state index is 0.197. The normalized spacial score (nSPS) is 14.6. The van der Waals surface area contributed by atoms with Gasteiger partial charge in [-0.15, -0.1) is 0 Å². The zero-order valence-electron chi connectivity index (χ0n) is 10.1. The number of carboxylic acid groups (broad SMARTS) is 1. The Morgan fingerprint density at radius 1 is 1.26 bits per heavy atom. The van der Waals surface area contributed by atoms with Crippen LogP contribution >= 0.6 is 11.8 Å². The summed E-state index contributed by atoms with van der Waals surface area (Å²) in [5, 5.41) is 22.3. The summed E-state index contributed by atoms with van der Waals surface area (Å²) in [6, 6.07) is -0.770. The zero-order valence-corrected chi connectivity index (χ0v) is 10.9. The van der Waals surface area contributed by atoms with Gasteiger partial charge in [0.25, 0.3) is 0 Å². The molecule has 0 aromatic rings. The molecule has 0 spiro atoms. The molecule has 10 heteroatoms.